The van der Waals surface area contributed by atoms with Crippen LogP contribution >= 0.6 is 0 Å². The second-order valence-corrected chi connectivity index (χ2v) is 5.17. The molecule has 1 atom stereocenters. The summed E-state index contributed by atoms with van der Waals surface area (Å²) in [7, 11) is 0. The monoisotopic (exact) mass is 289 g/mol. The summed E-state index contributed by atoms with van der Waals surface area (Å²) < 4.78 is 0. The van der Waals surface area contributed by atoms with E-state index in [1.807, 2.05) is 35.2 Å². The maximum atomic E-state index is 12.3. The van der Waals surface area contributed by atoms with Crippen molar-refractivity contribution >= 4 is 17.6 Å². The van der Waals surface area contributed by atoms with Crippen LogP contribution < -0.4 is 16.6 Å². The predicted molar refractivity (Wildman–Crippen MR) is 84.7 cm³/mol. The normalized spacial score (nSPS) is 17.2. The van der Waals surface area contributed by atoms with E-state index in [0.29, 0.717) is 5.96 Å². The number of nitrogens with two attached hydrogens (primary N) is 1. The maximum Gasteiger partial charge on any atom is 0.247 e. The van der Waals surface area contributed by atoms with Crippen LogP contribution in [0.5, 0.6) is 0 Å². The number of anilines is 1. The number of amides is 1. The van der Waals surface area contributed by atoms with E-state index < -0.39 is 6.04 Å². The lowest BCUT2D eigenvalue weighted by Gasteiger charge is -2.28. The fraction of sp³-hybridized carbons (Fsp3) is 0.467. The number of hydrogen-bond acceptors (Lipinski definition) is 3. The number of piperidine rings is 1. The van der Waals surface area contributed by atoms with Gasteiger partial charge in [-0.2, -0.15) is 0 Å². The van der Waals surface area contributed by atoms with Gasteiger partial charge in [0.15, 0.2) is 0 Å². The van der Waals surface area contributed by atoms with Crippen LogP contribution in [0.4, 0.5) is 5.69 Å². The van der Waals surface area contributed by atoms with Crippen molar-refractivity contribution < 1.29 is 4.79 Å². The molecule has 0 aliphatic carbocycles. The largest absolute Gasteiger partial charge is 0.341 e. The fourth-order valence-corrected chi connectivity index (χ4v) is 2.39. The average Bonchev–Trinajstić information content (AvgIpc) is 2.55. The molecule has 1 fully saturated rings. The topological polar surface area (TPSA) is 82.7 Å². The van der Waals surface area contributed by atoms with Crippen LogP contribution in [-0.4, -0.2) is 35.9 Å². The van der Waals surface area contributed by atoms with Gasteiger partial charge in [0.25, 0.3) is 0 Å². The number of para-hydroxylation sites is 1. The maximum absolute atomic E-state index is 12.3. The number of nitrogens with zero attached hydrogens (tertiary/aromatic N) is 2. The smallest absolute Gasteiger partial charge is 0.247 e. The molecule has 114 valence electrons. The van der Waals surface area contributed by atoms with Gasteiger partial charge in [0.1, 0.15) is 6.04 Å². The molecule has 1 unspecified atom stereocenters. The molecule has 0 radical (unpaired) electrons. The first-order valence-corrected chi connectivity index (χ1v) is 7.36. The van der Waals surface area contributed by atoms with Gasteiger partial charge in [-0.15, -0.1) is 0 Å². The molecule has 0 aromatic heterocycles. The van der Waals surface area contributed by atoms with Crippen molar-refractivity contribution in [3.8, 4) is 0 Å². The quantitative estimate of drug-likeness (QED) is 0.339. The van der Waals surface area contributed by atoms with Crippen LogP contribution in [0.1, 0.15) is 26.2 Å². The lowest BCUT2D eigenvalue weighted by atomic mass is 10.1. The van der Waals surface area contributed by atoms with Crippen molar-refractivity contribution in [2.24, 2.45) is 10.8 Å². The molecule has 0 saturated carbocycles. The molecular weight excluding hydrogens is 266 g/mol. The van der Waals surface area contributed by atoms with Gasteiger partial charge in [-0.25, -0.2) is 10.8 Å². The first kappa shape index (κ1) is 15.3. The number of hydrogen-bond donors (Lipinski definition) is 3. The molecular formula is C15H23N5O. The summed E-state index contributed by atoms with van der Waals surface area (Å²) >= 11 is 0. The van der Waals surface area contributed by atoms with Crippen molar-refractivity contribution in [1.29, 1.82) is 0 Å². The van der Waals surface area contributed by atoms with Gasteiger partial charge < -0.3 is 10.2 Å². The number of hydrazine groups is 1. The summed E-state index contributed by atoms with van der Waals surface area (Å²) in [5.41, 5.74) is 3.37. The van der Waals surface area contributed by atoms with Crippen LogP contribution in [0.3, 0.4) is 0 Å². The van der Waals surface area contributed by atoms with Gasteiger partial charge in [-0.3, -0.25) is 10.2 Å². The first-order chi connectivity index (χ1) is 10.2. The van der Waals surface area contributed by atoms with Crippen LogP contribution in [0.15, 0.2) is 35.3 Å². The number of nitrogens with one attached hydrogen (secondary N) is 2. The fourth-order valence-electron chi connectivity index (χ4n) is 2.39. The summed E-state index contributed by atoms with van der Waals surface area (Å²) in [6.07, 6.45) is 3.35. The number of guanidine groups is 1. The molecule has 1 heterocycles. The highest BCUT2D eigenvalue weighted by Gasteiger charge is 2.22. The number of carbonyl (C=O) groups is 1. The Labute approximate surface area is 125 Å². The lowest BCUT2D eigenvalue weighted by molar-refractivity contribution is -0.132. The van der Waals surface area contributed by atoms with E-state index in [9.17, 15) is 4.79 Å². The standard InChI is InChI=1S/C15H23N5O/c1-12(14(21)20-10-6-3-7-11-20)17-15(19-16)18-13-8-4-2-5-9-13/h2,4-5,8-9,12H,3,6-7,10-11,16H2,1H3,(H2,17,18,19). The number of benzene rings is 1. The van der Waals surface area contributed by atoms with Gasteiger partial charge in [0, 0.05) is 18.8 Å². The molecule has 1 saturated heterocycles. The zero-order valence-electron chi connectivity index (χ0n) is 12.4. The molecule has 6 heteroatoms. The Balaban J connectivity index is 1.99. The van der Waals surface area contributed by atoms with E-state index in [4.69, 9.17) is 5.84 Å². The Hall–Kier alpha value is -2.08. The average molecular weight is 289 g/mol. The van der Waals surface area contributed by atoms with E-state index in [1.165, 1.54) is 6.42 Å². The lowest BCUT2D eigenvalue weighted by Crippen LogP contribution is -2.43. The molecule has 1 aliphatic rings. The number of aliphatic imine (C=N–C) groups is 1. The summed E-state index contributed by atoms with van der Waals surface area (Å²) in [6, 6.07) is 9.12. The van der Waals surface area contributed by atoms with Crippen LogP contribution in [0.2, 0.25) is 0 Å². The van der Waals surface area contributed by atoms with Gasteiger partial charge in [-0.05, 0) is 38.3 Å². The minimum absolute atomic E-state index is 0.0531. The zero-order valence-corrected chi connectivity index (χ0v) is 12.4. The minimum atomic E-state index is -0.453. The summed E-state index contributed by atoms with van der Waals surface area (Å²) in [5, 5.41) is 3.06. The van der Waals surface area contributed by atoms with Crippen molar-refractivity contribution in [3.05, 3.63) is 30.3 Å². The third-order valence-corrected chi connectivity index (χ3v) is 3.52. The van der Waals surface area contributed by atoms with Crippen LogP contribution in [-0.2, 0) is 4.79 Å². The Morgan fingerprint density at radius 2 is 1.90 bits per heavy atom. The van der Waals surface area contributed by atoms with Crippen molar-refractivity contribution in [2.75, 3.05) is 18.4 Å². The van der Waals surface area contributed by atoms with Crippen molar-refractivity contribution in [1.82, 2.24) is 10.3 Å². The molecule has 21 heavy (non-hydrogen) atoms. The van der Waals surface area contributed by atoms with Gasteiger partial charge in [0.2, 0.25) is 11.9 Å². The second kappa shape index (κ2) is 7.64. The molecule has 0 spiro atoms. The van der Waals surface area contributed by atoms with E-state index in [2.05, 4.69) is 15.7 Å². The Bertz CT molecular complexity index is 482. The van der Waals surface area contributed by atoms with E-state index in [0.717, 1.165) is 31.6 Å². The van der Waals surface area contributed by atoms with E-state index in [1.54, 1.807) is 6.92 Å². The molecule has 0 bridgehead atoms. The zero-order chi connectivity index (χ0) is 15.1. The molecule has 1 aromatic rings. The Morgan fingerprint density at radius 1 is 1.24 bits per heavy atom. The summed E-state index contributed by atoms with van der Waals surface area (Å²) in [6.45, 7) is 3.45. The molecule has 1 amide bonds. The van der Waals surface area contributed by atoms with Crippen LogP contribution in [0, 0.1) is 0 Å². The van der Waals surface area contributed by atoms with E-state index in [-0.39, 0.29) is 5.91 Å². The molecule has 4 N–H and O–H groups in total. The minimum Gasteiger partial charge on any atom is -0.341 e. The SMILES string of the molecule is CC(N=C(NN)Nc1ccccc1)C(=O)N1CCCCC1. The second-order valence-electron chi connectivity index (χ2n) is 5.17. The highest BCUT2D eigenvalue weighted by Crippen LogP contribution is 2.11. The highest BCUT2D eigenvalue weighted by molar-refractivity contribution is 5.95. The molecule has 6 nitrogen and oxygen atoms in total. The van der Waals surface area contributed by atoms with Gasteiger partial charge in [-0.1, -0.05) is 18.2 Å². The Kier molecular flexibility index (Phi) is 5.57. The van der Waals surface area contributed by atoms with Crippen molar-refractivity contribution in [2.45, 2.75) is 32.2 Å². The van der Waals surface area contributed by atoms with Crippen LogP contribution in [0.25, 0.3) is 0 Å². The third kappa shape index (κ3) is 4.46. The van der Waals surface area contributed by atoms with Gasteiger partial charge in [0.05, 0.1) is 0 Å². The summed E-state index contributed by atoms with van der Waals surface area (Å²) in [5.74, 6) is 5.92. The van der Waals surface area contributed by atoms with Crippen molar-refractivity contribution in [3.63, 3.8) is 0 Å². The highest BCUT2D eigenvalue weighted by atomic mass is 16.2. The molecule has 1 aliphatic heterocycles. The van der Waals surface area contributed by atoms with Gasteiger partial charge >= 0.3 is 0 Å². The number of carbonyl (C=O) groups excluding carboxylic acids is 1. The summed E-state index contributed by atoms with van der Waals surface area (Å²) in [4.78, 5) is 18.6. The molecule has 1 aromatic carbocycles. The number of rotatable bonds is 3. The molecule has 2 rings (SSSR count). The van der Waals surface area contributed by atoms with E-state index >= 15 is 0 Å². The first-order valence-electron chi connectivity index (χ1n) is 7.36. The number of likely N-dealkylation sites (tertiary alicyclic amines) is 1. The third-order valence-electron chi connectivity index (χ3n) is 3.52. The predicted octanol–water partition coefficient (Wildman–Crippen LogP) is 1.32. The Morgan fingerprint density at radius 3 is 2.52 bits per heavy atom.